The molecular weight excluding hydrogens is 363 g/mol. The average molecular weight is 384 g/mol. The van der Waals surface area contributed by atoms with Crippen molar-refractivity contribution in [1.29, 1.82) is 0 Å². The predicted octanol–water partition coefficient (Wildman–Crippen LogP) is 1.73. The van der Waals surface area contributed by atoms with Gasteiger partial charge in [0, 0.05) is 44.4 Å². The molecule has 0 radical (unpaired) electrons. The molecule has 2 aromatic rings. The summed E-state index contributed by atoms with van der Waals surface area (Å²) in [4.78, 5) is 43.2. The summed E-state index contributed by atoms with van der Waals surface area (Å²) < 4.78 is 13.2. The topological polar surface area (TPSA) is 82.6 Å². The first-order chi connectivity index (χ1) is 13.5. The van der Waals surface area contributed by atoms with Crippen LogP contribution in [0.3, 0.4) is 0 Å². The first-order valence-electron chi connectivity index (χ1n) is 9.02. The zero-order valence-electron chi connectivity index (χ0n) is 15.3. The molecule has 0 spiro atoms. The zero-order valence-corrected chi connectivity index (χ0v) is 15.3. The van der Waals surface area contributed by atoms with Gasteiger partial charge in [0.25, 0.3) is 0 Å². The van der Waals surface area contributed by atoms with Gasteiger partial charge in [0.05, 0.1) is 0 Å². The minimum absolute atomic E-state index is 0.122. The van der Waals surface area contributed by atoms with Crippen molar-refractivity contribution in [2.24, 2.45) is 0 Å². The molecule has 146 valence electrons. The molecule has 1 aromatic heterocycles. The van der Waals surface area contributed by atoms with E-state index in [0.29, 0.717) is 19.5 Å². The third-order valence-electron chi connectivity index (χ3n) is 4.47. The number of amides is 4. The van der Waals surface area contributed by atoms with Gasteiger partial charge < -0.3 is 9.80 Å². The van der Waals surface area contributed by atoms with Crippen LogP contribution in [0.25, 0.3) is 0 Å². The maximum atomic E-state index is 13.2. The SMILES string of the molecule is O=C1CCN(CC(=O)N(CCc2ccccn2)Cc2ccc(F)cc2)C(=O)N1. The lowest BCUT2D eigenvalue weighted by molar-refractivity contribution is -0.133. The van der Waals surface area contributed by atoms with Crippen LogP contribution in [0.2, 0.25) is 0 Å². The number of rotatable bonds is 7. The number of pyridine rings is 1. The summed E-state index contributed by atoms with van der Waals surface area (Å²) in [5.74, 6) is -0.929. The van der Waals surface area contributed by atoms with Crippen LogP contribution >= 0.6 is 0 Å². The first-order valence-corrected chi connectivity index (χ1v) is 9.02. The van der Waals surface area contributed by atoms with Crippen LogP contribution in [0.4, 0.5) is 9.18 Å². The quantitative estimate of drug-likeness (QED) is 0.788. The first kappa shape index (κ1) is 19.5. The lowest BCUT2D eigenvalue weighted by Crippen LogP contribution is -2.52. The summed E-state index contributed by atoms with van der Waals surface area (Å²) in [5, 5.41) is 2.21. The number of hydrogen-bond acceptors (Lipinski definition) is 4. The van der Waals surface area contributed by atoms with Gasteiger partial charge in [0.2, 0.25) is 11.8 Å². The van der Waals surface area contributed by atoms with Crippen LogP contribution in [0.1, 0.15) is 17.7 Å². The second-order valence-electron chi connectivity index (χ2n) is 6.54. The van der Waals surface area contributed by atoms with E-state index in [-0.39, 0.29) is 37.1 Å². The third-order valence-corrected chi connectivity index (χ3v) is 4.47. The number of carbonyl (C=O) groups is 3. The fourth-order valence-corrected chi connectivity index (χ4v) is 2.91. The van der Waals surface area contributed by atoms with E-state index in [4.69, 9.17) is 0 Å². The fraction of sp³-hybridized carbons (Fsp3) is 0.300. The normalized spacial score (nSPS) is 14.0. The van der Waals surface area contributed by atoms with Crippen LogP contribution in [0.15, 0.2) is 48.7 Å². The smallest absolute Gasteiger partial charge is 0.324 e. The largest absolute Gasteiger partial charge is 0.336 e. The lowest BCUT2D eigenvalue weighted by Gasteiger charge is -2.29. The van der Waals surface area contributed by atoms with E-state index in [1.807, 2.05) is 18.2 Å². The highest BCUT2D eigenvalue weighted by Crippen LogP contribution is 2.10. The molecule has 8 heteroatoms. The van der Waals surface area contributed by atoms with E-state index in [2.05, 4.69) is 10.3 Å². The Morgan fingerprint density at radius 3 is 2.64 bits per heavy atom. The molecule has 1 saturated heterocycles. The second-order valence-corrected chi connectivity index (χ2v) is 6.54. The Labute approximate surface area is 162 Å². The van der Waals surface area contributed by atoms with Crippen molar-refractivity contribution in [3.63, 3.8) is 0 Å². The molecule has 0 atom stereocenters. The second kappa shape index (κ2) is 9.07. The van der Waals surface area contributed by atoms with Gasteiger partial charge in [-0.3, -0.25) is 19.9 Å². The van der Waals surface area contributed by atoms with E-state index < -0.39 is 6.03 Å². The van der Waals surface area contributed by atoms with Crippen molar-refractivity contribution in [3.8, 4) is 0 Å². The highest BCUT2D eigenvalue weighted by Gasteiger charge is 2.26. The number of imide groups is 1. The average Bonchev–Trinajstić information content (AvgIpc) is 2.69. The summed E-state index contributed by atoms with van der Waals surface area (Å²) in [6.45, 7) is 0.783. The molecule has 1 aromatic carbocycles. The highest BCUT2D eigenvalue weighted by molar-refractivity contribution is 5.98. The number of aromatic nitrogens is 1. The lowest BCUT2D eigenvalue weighted by atomic mass is 10.2. The van der Waals surface area contributed by atoms with Gasteiger partial charge >= 0.3 is 6.03 Å². The van der Waals surface area contributed by atoms with Crippen LogP contribution < -0.4 is 5.32 Å². The van der Waals surface area contributed by atoms with E-state index in [1.165, 1.54) is 17.0 Å². The number of nitrogens with one attached hydrogen (secondary N) is 1. The molecule has 1 N–H and O–H groups in total. The third kappa shape index (κ3) is 5.35. The molecule has 1 fully saturated rings. The van der Waals surface area contributed by atoms with Gasteiger partial charge in [-0.05, 0) is 29.8 Å². The molecule has 2 heterocycles. The molecule has 4 amide bonds. The Bertz CT molecular complexity index is 842. The zero-order chi connectivity index (χ0) is 19.9. The van der Waals surface area contributed by atoms with Crippen molar-refractivity contribution in [2.45, 2.75) is 19.4 Å². The van der Waals surface area contributed by atoms with Crippen molar-refractivity contribution in [2.75, 3.05) is 19.6 Å². The molecule has 28 heavy (non-hydrogen) atoms. The highest BCUT2D eigenvalue weighted by atomic mass is 19.1. The monoisotopic (exact) mass is 384 g/mol. The van der Waals surface area contributed by atoms with Crippen molar-refractivity contribution >= 4 is 17.8 Å². The van der Waals surface area contributed by atoms with Gasteiger partial charge in [-0.2, -0.15) is 0 Å². The number of carbonyl (C=O) groups excluding carboxylic acids is 3. The molecule has 0 saturated carbocycles. The van der Waals surface area contributed by atoms with Crippen molar-refractivity contribution in [3.05, 3.63) is 65.7 Å². The number of halogens is 1. The maximum absolute atomic E-state index is 13.2. The molecule has 0 bridgehead atoms. The molecule has 0 aliphatic carbocycles. The Morgan fingerprint density at radius 1 is 1.18 bits per heavy atom. The number of benzene rings is 1. The van der Waals surface area contributed by atoms with Gasteiger partial charge in [-0.25, -0.2) is 9.18 Å². The number of nitrogens with zero attached hydrogens (tertiary/aromatic N) is 3. The summed E-state index contributed by atoms with van der Waals surface area (Å²) in [6.07, 6.45) is 2.42. The Hall–Kier alpha value is -3.29. The van der Waals surface area contributed by atoms with Gasteiger partial charge in [-0.15, -0.1) is 0 Å². The Balaban J connectivity index is 1.68. The van der Waals surface area contributed by atoms with Crippen LogP contribution in [0, 0.1) is 5.82 Å². The Kier molecular flexibility index (Phi) is 6.31. The van der Waals surface area contributed by atoms with Gasteiger partial charge in [0.15, 0.2) is 0 Å². The summed E-state index contributed by atoms with van der Waals surface area (Å²) in [7, 11) is 0. The summed E-state index contributed by atoms with van der Waals surface area (Å²) in [5.41, 5.74) is 1.63. The fourth-order valence-electron chi connectivity index (χ4n) is 2.91. The van der Waals surface area contributed by atoms with Crippen LogP contribution in [-0.2, 0) is 22.6 Å². The summed E-state index contributed by atoms with van der Waals surface area (Å²) in [6, 6.07) is 11.0. The van der Waals surface area contributed by atoms with E-state index in [1.54, 1.807) is 23.2 Å². The van der Waals surface area contributed by atoms with Crippen molar-refractivity contribution < 1.29 is 18.8 Å². The molecule has 1 aliphatic heterocycles. The van der Waals surface area contributed by atoms with Crippen LogP contribution in [0.5, 0.6) is 0 Å². The van der Waals surface area contributed by atoms with Crippen LogP contribution in [-0.4, -0.2) is 52.3 Å². The minimum Gasteiger partial charge on any atom is -0.336 e. The van der Waals surface area contributed by atoms with E-state index in [0.717, 1.165) is 11.3 Å². The minimum atomic E-state index is -0.559. The van der Waals surface area contributed by atoms with E-state index in [9.17, 15) is 18.8 Å². The number of hydrogen-bond donors (Lipinski definition) is 1. The molecule has 1 aliphatic rings. The van der Waals surface area contributed by atoms with Gasteiger partial charge in [0.1, 0.15) is 12.4 Å². The molecule has 7 nitrogen and oxygen atoms in total. The van der Waals surface area contributed by atoms with Crippen molar-refractivity contribution in [1.82, 2.24) is 20.1 Å². The Morgan fingerprint density at radius 2 is 1.96 bits per heavy atom. The standard InChI is InChI=1S/C20H21FN4O3/c21-16-6-4-15(5-7-16)13-24(11-8-17-3-1-2-10-22-17)19(27)14-25-12-9-18(26)23-20(25)28/h1-7,10H,8-9,11-14H2,(H,23,26,28). The van der Waals surface area contributed by atoms with E-state index >= 15 is 0 Å². The number of urea groups is 1. The predicted molar refractivity (Wildman–Crippen MR) is 99.5 cm³/mol. The molecule has 3 rings (SSSR count). The molecular formula is C20H21FN4O3. The maximum Gasteiger partial charge on any atom is 0.324 e. The summed E-state index contributed by atoms with van der Waals surface area (Å²) >= 11 is 0. The molecule has 0 unspecified atom stereocenters. The van der Waals surface area contributed by atoms with Gasteiger partial charge in [-0.1, -0.05) is 18.2 Å².